The topological polar surface area (TPSA) is 69.2 Å². The van der Waals surface area contributed by atoms with Crippen molar-refractivity contribution in [2.24, 2.45) is 5.16 Å². The van der Waals surface area contributed by atoms with Crippen molar-refractivity contribution in [3.63, 3.8) is 0 Å². The van der Waals surface area contributed by atoms with Gasteiger partial charge < -0.3 is 19.6 Å². The molecule has 1 amide bonds. The van der Waals surface area contributed by atoms with Gasteiger partial charge in [0.25, 0.3) is 5.91 Å². The molecule has 0 radical (unpaired) electrons. The van der Waals surface area contributed by atoms with Gasteiger partial charge in [-0.25, -0.2) is 0 Å². The van der Waals surface area contributed by atoms with Gasteiger partial charge in [0, 0.05) is 16.8 Å². The Labute approximate surface area is 182 Å². The molecule has 0 unspecified atom stereocenters. The van der Waals surface area contributed by atoms with E-state index in [1.165, 1.54) is 0 Å². The molecule has 0 saturated heterocycles. The van der Waals surface area contributed by atoms with Crippen LogP contribution in [0.2, 0.25) is 0 Å². The van der Waals surface area contributed by atoms with Crippen molar-refractivity contribution in [1.29, 1.82) is 0 Å². The third-order valence-electron chi connectivity index (χ3n) is 4.31. The average Bonchev–Trinajstić information content (AvgIpc) is 2.78. The third kappa shape index (κ3) is 6.60. The third-order valence-corrected chi connectivity index (χ3v) is 4.31. The number of benzene rings is 3. The van der Waals surface area contributed by atoms with Crippen LogP contribution in [0.3, 0.4) is 0 Å². The summed E-state index contributed by atoms with van der Waals surface area (Å²) in [7, 11) is 1.60. The lowest BCUT2D eigenvalue weighted by Crippen LogP contribution is -2.11. The Morgan fingerprint density at radius 1 is 1.00 bits per heavy atom. The highest BCUT2D eigenvalue weighted by Gasteiger charge is 2.07. The number of carbonyl (C=O) groups excluding carboxylic acids is 1. The molecule has 3 aromatic carbocycles. The van der Waals surface area contributed by atoms with Crippen LogP contribution < -0.4 is 14.8 Å². The van der Waals surface area contributed by atoms with E-state index in [9.17, 15) is 4.79 Å². The molecule has 0 bridgehead atoms. The fraction of sp³-hybridized carbons (Fsp3) is 0.200. The van der Waals surface area contributed by atoms with Crippen LogP contribution in [-0.2, 0) is 11.4 Å². The number of carbonyl (C=O) groups is 1. The second-order valence-corrected chi connectivity index (χ2v) is 7.10. The van der Waals surface area contributed by atoms with Gasteiger partial charge in [0.05, 0.1) is 19.4 Å². The molecule has 0 fully saturated rings. The van der Waals surface area contributed by atoms with Crippen LogP contribution in [0.4, 0.5) is 5.69 Å². The summed E-state index contributed by atoms with van der Waals surface area (Å²) in [6.45, 7) is 4.22. The Hall–Kier alpha value is -3.80. The summed E-state index contributed by atoms with van der Waals surface area (Å²) in [4.78, 5) is 17.7. The molecule has 0 aromatic heterocycles. The zero-order valence-corrected chi connectivity index (χ0v) is 17.9. The van der Waals surface area contributed by atoms with Crippen LogP contribution in [0.25, 0.3) is 0 Å². The van der Waals surface area contributed by atoms with Crippen LogP contribution in [-0.4, -0.2) is 25.3 Å². The first kappa shape index (κ1) is 21.9. The molecule has 3 aromatic rings. The molecule has 0 aliphatic carbocycles. The summed E-state index contributed by atoms with van der Waals surface area (Å²) in [5.41, 5.74) is 3.08. The van der Waals surface area contributed by atoms with Crippen molar-refractivity contribution in [3.8, 4) is 11.5 Å². The first-order chi connectivity index (χ1) is 15.0. The first-order valence-corrected chi connectivity index (χ1v) is 10.0. The summed E-state index contributed by atoms with van der Waals surface area (Å²) < 4.78 is 11.1. The van der Waals surface area contributed by atoms with Crippen molar-refractivity contribution < 1.29 is 19.1 Å². The van der Waals surface area contributed by atoms with Crippen molar-refractivity contribution in [3.05, 3.63) is 89.5 Å². The van der Waals surface area contributed by atoms with Gasteiger partial charge in [-0.2, -0.15) is 0 Å². The number of ether oxygens (including phenoxy) is 2. The predicted octanol–water partition coefficient (Wildman–Crippen LogP) is 5.29. The molecule has 0 saturated carbocycles. The molecule has 3 rings (SSSR count). The number of nitrogens with zero attached hydrogens (tertiary/aromatic N) is 1. The molecular weight excluding hydrogens is 392 g/mol. The minimum absolute atomic E-state index is 0.0625. The normalized spacial score (nSPS) is 10.8. The smallest absolute Gasteiger partial charge is 0.255 e. The number of nitrogens with one attached hydrogen (secondary N) is 1. The predicted molar refractivity (Wildman–Crippen MR) is 122 cm³/mol. The van der Waals surface area contributed by atoms with E-state index in [1.54, 1.807) is 25.5 Å². The van der Waals surface area contributed by atoms with Crippen molar-refractivity contribution in [2.45, 2.75) is 26.6 Å². The van der Waals surface area contributed by atoms with E-state index in [-0.39, 0.29) is 12.0 Å². The Bertz CT molecular complexity index is 1020. The number of rotatable bonds is 9. The van der Waals surface area contributed by atoms with Gasteiger partial charge in [0.2, 0.25) is 0 Å². The summed E-state index contributed by atoms with van der Waals surface area (Å²) in [6, 6.07) is 22.1. The standard InChI is InChI=1S/C25H26N2O4/c1-18(2)31-23-14-11-20(15-24(23)29-3)16-26-30-17-19-9-12-21(13-10-19)25(28)27-22-7-5-4-6-8-22/h4-16,18H,17H2,1-3H3,(H,27,28)/b26-16-. The number of hydrogen-bond donors (Lipinski definition) is 1. The SMILES string of the molecule is COc1cc(/C=N\OCc2ccc(C(=O)Nc3ccccc3)cc2)ccc1OC(C)C. The summed E-state index contributed by atoms with van der Waals surface area (Å²) in [6.07, 6.45) is 1.68. The van der Waals surface area contributed by atoms with Crippen LogP contribution in [0.15, 0.2) is 78.0 Å². The zero-order chi connectivity index (χ0) is 22.1. The second kappa shape index (κ2) is 10.8. The minimum Gasteiger partial charge on any atom is -0.493 e. The summed E-state index contributed by atoms with van der Waals surface area (Å²) in [5, 5.41) is 6.87. The lowest BCUT2D eigenvalue weighted by atomic mass is 10.1. The lowest BCUT2D eigenvalue weighted by Gasteiger charge is -2.13. The van der Waals surface area contributed by atoms with Gasteiger partial charge in [-0.1, -0.05) is 35.5 Å². The Balaban J connectivity index is 1.52. The van der Waals surface area contributed by atoms with E-state index >= 15 is 0 Å². The molecule has 0 spiro atoms. The highest BCUT2D eigenvalue weighted by Crippen LogP contribution is 2.28. The maximum absolute atomic E-state index is 12.3. The van der Waals surface area contributed by atoms with Gasteiger partial charge >= 0.3 is 0 Å². The molecule has 160 valence electrons. The fourth-order valence-corrected chi connectivity index (χ4v) is 2.80. The number of para-hydroxylation sites is 1. The lowest BCUT2D eigenvalue weighted by molar-refractivity contribution is 0.102. The van der Waals surface area contributed by atoms with E-state index in [2.05, 4.69) is 10.5 Å². The van der Waals surface area contributed by atoms with E-state index in [1.807, 2.05) is 74.5 Å². The monoisotopic (exact) mass is 418 g/mol. The van der Waals surface area contributed by atoms with E-state index in [4.69, 9.17) is 14.3 Å². The highest BCUT2D eigenvalue weighted by atomic mass is 16.6. The number of methoxy groups -OCH3 is 1. The van der Waals surface area contributed by atoms with Gasteiger partial charge in [0.15, 0.2) is 11.5 Å². The second-order valence-electron chi connectivity index (χ2n) is 7.10. The Kier molecular flexibility index (Phi) is 7.65. The van der Waals surface area contributed by atoms with E-state index in [0.29, 0.717) is 23.7 Å². The Morgan fingerprint density at radius 3 is 2.42 bits per heavy atom. The number of oxime groups is 1. The first-order valence-electron chi connectivity index (χ1n) is 10.0. The molecule has 0 heterocycles. The Morgan fingerprint density at radius 2 is 1.74 bits per heavy atom. The quantitative estimate of drug-likeness (QED) is 0.379. The molecule has 6 nitrogen and oxygen atoms in total. The van der Waals surface area contributed by atoms with Crippen LogP contribution in [0.1, 0.15) is 35.3 Å². The summed E-state index contributed by atoms with van der Waals surface area (Å²) >= 11 is 0. The largest absolute Gasteiger partial charge is 0.493 e. The van der Waals surface area contributed by atoms with Crippen molar-refractivity contribution in [1.82, 2.24) is 0 Å². The van der Waals surface area contributed by atoms with Gasteiger partial charge in [0.1, 0.15) is 6.61 Å². The summed E-state index contributed by atoms with van der Waals surface area (Å²) in [5.74, 6) is 1.17. The van der Waals surface area contributed by atoms with Gasteiger partial charge in [-0.05, 0) is 61.9 Å². The van der Waals surface area contributed by atoms with Gasteiger partial charge in [-0.3, -0.25) is 4.79 Å². The number of anilines is 1. The molecule has 0 atom stereocenters. The van der Waals surface area contributed by atoms with Crippen molar-refractivity contribution in [2.75, 3.05) is 12.4 Å². The average molecular weight is 418 g/mol. The van der Waals surface area contributed by atoms with Crippen LogP contribution in [0.5, 0.6) is 11.5 Å². The maximum Gasteiger partial charge on any atom is 0.255 e. The van der Waals surface area contributed by atoms with Crippen LogP contribution >= 0.6 is 0 Å². The molecule has 31 heavy (non-hydrogen) atoms. The highest BCUT2D eigenvalue weighted by molar-refractivity contribution is 6.04. The fourth-order valence-electron chi connectivity index (χ4n) is 2.80. The number of amides is 1. The van der Waals surface area contributed by atoms with E-state index < -0.39 is 0 Å². The van der Waals surface area contributed by atoms with Gasteiger partial charge in [-0.15, -0.1) is 0 Å². The molecule has 0 aliphatic rings. The molecule has 6 heteroatoms. The molecular formula is C25H26N2O4. The van der Waals surface area contributed by atoms with Crippen molar-refractivity contribution >= 4 is 17.8 Å². The number of hydrogen-bond acceptors (Lipinski definition) is 5. The molecule has 0 aliphatic heterocycles. The zero-order valence-electron chi connectivity index (χ0n) is 17.9. The minimum atomic E-state index is -0.157. The van der Waals surface area contributed by atoms with Crippen LogP contribution in [0, 0.1) is 0 Å². The molecule has 1 N–H and O–H groups in total. The maximum atomic E-state index is 12.3. The van der Waals surface area contributed by atoms with E-state index in [0.717, 1.165) is 16.8 Å².